The molecule has 0 amide bonds. The van der Waals surface area contributed by atoms with Crippen LogP contribution in [-0.4, -0.2) is 36.7 Å². The Bertz CT molecular complexity index is 649. The number of carbonyl (C=O) groups is 1. The molecular formula is C22H26N2O. The van der Waals surface area contributed by atoms with Gasteiger partial charge in [0.25, 0.3) is 0 Å². The van der Waals surface area contributed by atoms with Gasteiger partial charge in [0.1, 0.15) is 0 Å². The van der Waals surface area contributed by atoms with Gasteiger partial charge in [0.05, 0.1) is 12.9 Å². The molecular weight excluding hydrogens is 308 g/mol. The van der Waals surface area contributed by atoms with Crippen LogP contribution in [0.15, 0.2) is 65.7 Å². The molecule has 0 unspecified atom stereocenters. The van der Waals surface area contributed by atoms with Crippen molar-refractivity contribution >= 4 is 12.1 Å². The molecule has 0 aromatic heterocycles. The monoisotopic (exact) mass is 334 g/mol. The predicted molar refractivity (Wildman–Crippen MR) is 103 cm³/mol. The average Bonchev–Trinajstić information content (AvgIpc) is 2.65. The van der Waals surface area contributed by atoms with Crippen LogP contribution in [0.1, 0.15) is 36.8 Å². The van der Waals surface area contributed by atoms with Crippen molar-refractivity contribution < 1.29 is 4.79 Å². The summed E-state index contributed by atoms with van der Waals surface area (Å²) in [5.74, 6) is 1.18. The highest BCUT2D eigenvalue weighted by atomic mass is 16.1. The molecule has 0 atom stereocenters. The third-order valence-corrected chi connectivity index (χ3v) is 4.92. The van der Waals surface area contributed by atoms with E-state index in [1.807, 2.05) is 6.34 Å². The van der Waals surface area contributed by atoms with Gasteiger partial charge in [0.15, 0.2) is 5.78 Å². The van der Waals surface area contributed by atoms with Crippen molar-refractivity contribution in [3.63, 3.8) is 0 Å². The van der Waals surface area contributed by atoms with Gasteiger partial charge in [-0.3, -0.25) is 9.79 Å². The van der Waals surface area contributed by atoms with E-state index in [0.717, 1.165) is 25.9 Å². The molecule has 0 radical (unpaired) electrons. The molecule has 1 saturated heterocycles. The van der Waals surface area contributed by atoms with Crippen molar-refractivity contribution in [1.82, 2.24) is 4.90 Å². The van der Waals surface area contributed by atoms with Gasteiger partial charge in [-0.25, -0.2) is 0 Å². The second-order valence-corrected chi connectivity index (χ2v) is 6.83. The van der Waals surface area contributed by atoms with Gasteiger partial charge in [0.2, 0.25) is 0 Å². The van der Waals surface area contributed by atoms with Gasteiger partial charge < -0.3 is 4.90 Å². The highest BCUT2D eigenvalue weighted by Crippen LogP contribution is 2.37. The van der Waals surface area contributed by atoms with E-state index in [2.05, 4.69) is 70.6 Å². The van der Waals surface area contributed by atoms with E-state index in [-0.39, 0.29) is 12.3 Å². The summed E-state index contributed by atoms with van der Waals surface area (Å²) in [6.07, 6.45) is 4.14. The van der Waals surface area contributed by atoms with E-state index in [0.29, 0.717) is 11.8 Å². The lowest BCUT2D eigenvalue weighted by molar-refractivity contribution is -0.115. The molecule has 0 bridgehead atoms. The minimum Gasteiger partial charge on any atom is -0.363 e. The minimum atomic E-state index is 0.111. The van der Waals surface area contributed by atoms with Crippen LogP contribution in [0.5, 0.6) is 0 Å². The number of Topliss-reactive ketones (excluding diaryl/α,β-unsaturated/α-hetero) is 1. The van der Waals surface area contributed by atoms with E-state index >= 15 is 0 Å². The standard InChI is InChI=1S/C22H26N2O/c1-18(25)16-23-17-24-14-12-21(13-15-24)22(19-8-4-2-5-9-19)20-10-6-3-7-11-20/h2-11,17,21-22H,12-16H2,1H3. The normalized spacial score (nSPS) is 15.8. The molecule has 2 aromatic rings. The molecule has 0 spiro atoms. The third-order valence-electron chi connectivity index (χ3n) is 4.92. The number of ketones is 1. The predicted octanol–water partition coefficient (Wildman–Crippen LogP) is 4.15. The van der Waals surface area contributed by atoms with Crippen LogP contribution in [0, 0.1) is 5.92 Å². The molecule has 1 aliphatic rings. The van der Waals surface area contributed by atoms with Crippen LogP contribution in [0.25, 0.3) is 0 Å². The van der Waals surface area contributed by atoms with Crippen LogP contribution in [0.4, 0.5) is 0 Å². The molecule has 0 aliphatic carbocycles. The molecule has 1 aliphatic heterocycles. The van der Waals surface area contributed by atoms with Gasteiger partial charge in [-0.2, -0.15) is 0 Å². The molecule has 0 N–H and O–H groups in total. The first kappa shape index (κ1) is 17.4. The van der Waals surface area contributed by atoms with E-state index < -0.39 is 0 Å². The number of aliphatic imine (C=N–C) groups is 1. The Morgan fingerprint density at radius 3 is 2.04 bits per heavy atom. The Morgan fingerprint density at radius 2 is 1.56 bits per heavy atom. The lowest BCUT2D eigenvalue weighted by Gasteiger charge is -2.36. The van der Waals surface area contributed by atoms with Crippen LogP contribution in [0.2, 0.25) is 0 Å². The largest absolute Gasteiger partial charge is 0.363 e. The van der Waals surface area contributed by atoms with Gasteiger partial charge in [-0.05, 0) is 36.8 Å². The molecule has 25 heavy (non-hydrogen) atoms. The van der Waals surface area contributed by atoms with Crippen LogP contribution < -0.4 is 0 Å². The number of hydrogen-bond donors (Lipinski definition) is 0. The number of hydrogen-bond acceptors (Lipinski definition) is 2. The molecule has 3 rings (SSSR count). The fourth-order valence-corrected chi connectivity index (χ4v) is 3.71. The fourth-order valence-electron chi connectivity index (χ4n) is 3.71. The molecule has 3 nitrogen and oxygen atoms in total. The summed E-state index contributed by atoms with van der Waals surface area (Å²) in [6, 6.07) is 21.7. The number of piperidine rings is 1. The van der Waals surface area contributed by atoms with Gasteiger partial charge >= 0.3 is 0 Å². The number of likely N-dealkylation sites (tertiary alicyclic amines) is 1. The Kier molecular flexibility index (Phi) is 5.99. The lowest BCUT2D eigenvalue weighted by Crippen LogP contribution is -2.35. The zero-order valence-electron chi connectivity index (χ0n) is 14.8. The Balaban J connectivity index is 1.71. The SMILES string of the molecule is CC(=O)CN=CN1CCC(C(c2ccccc2)c2ccccc2)CC1. The first-order valence-electron chi connectivity index (χ1n) is 9.07. The van der Waals surface area contributed by atoms with Crippen molar-refractivity contribution in [3.8, 4) is 0 Å². The van der Waals surface area contributed by atoms with Crippen LogP contribution >= 0.6 is 0 Å². The summed E-state index contributed by atoms with van der Waals surface area (Å²) < 4.78 is 0. The average molecular weight is 334 g/mol. The number of carbonyl (C=O) groups excluding carboxylic acids is 1. The number of nitrogens with zero attached hydrogens (tertiary/aromatic N) is 2. The van der Waals surface area contributed by atoms with Crippen molar-refractivity contribution in [2.45, 2.75) is 25.7 Å². The summed E-state index contributed by atoms with van der Waals surface area (Å²) in [6.45, 7) is 3.87. The maximum absolute atomic E-state index is 11.0. The zero-order chi connectivity index (χ0) is 17.5. The van der Waals surface area contributed by atoms with Crippen LogP contribution in [0.3, 0.4) is 0 Å². The maximum Gasteiger partial charge on any atom is 0.151 e. The summed E-state index contributed by atoms with van der Waals surface area (Å²) in [5.41, 5.74) is 2.80. The lowest BCUT2D eigenvalue weighted by atomic mass is 9.76. The molecule has 0 saturated carbocycles. The minimum absolute atomic E-state index is 0.111. The van der Waals surface area contributed by atoms with Crippen molar-refractivity contribution in [3.05, 3.63) is 71.8 Å². The molecule has 1 heterocycles. The quantitative estimate of drug-likeness (QED) is 0.587. The van der Waals surface area contributed by atoms with Gasteiger partial charge in [-0.15, -0.1) is 0 Å². The zero-order valence-corrected chi connectivity index (χ0v) is 14.8. The van der Waals surface area contributed by atoms with Crippen LogP contribution in [-0.2, 0) is 4.79 Å². The summed E-state index contributed by atoms with van der Waals surface area (Å²) >= 11 is 0. The molecule has 1 fully saturated rings. The van der Waals surface area contributed by atoms with Gasteiger partial charge in [-0.1, -0.05) is 60.7 Å². The first-order chi connectivity index (χ1) is 12.2. The fraction of sp³-hybridized carbons (Fsp3) is 0.364. The van der Waals surface area contributed by atoms with Crippen molar-refractivity contribution in [2.75, 3.05) is 19.6 Å². The van der Waals surface area contributed by atoms with Crippen molar-refractivity contribution in [1.29, 1.82) is 0 Å². The van der Waals surface area contributed by atoms with Crippen molar-refractivity contribution in [2.24, 2.45) is 10.9 Å². The van der Waals surface area contributed by atoms with E-state index in [9.17, 15) is 4.79 Å². The second kappa shape index (κ2) is 8.61. The Morgan fingerprint density at radius 1 is 1.04 bits per heavy atom. The maximum atomic E-state index is 11.0. The second-order valence-electron chi connectivity index (χ2n) is 6.83. The van der Waals surface area contributed by atoms with E-state index in [1.54, 1.807) is 6.92 Å². The number of rotatable bonds is 6. The summed E-state index contributed by atoms with van der Waals surface area (Å²) in [4.78, 5) is 17.5. The Labute approximate surface area is 150 Å². The van der Waals surface area contributed by atoms with E-state index in [4.69, 9.17) is 0 Å². The highest BCUT2D eigenvalue weighted by Gasteiger charge is 2.28. The summed E-state index contributed by atoms with van der Waals surface area (Å²) in [5, 5.41) is 0. The van der Waals surface area contributed by atoms with E-state index in [1.165, 1.54) is 11.1 Å². The molecule has 3 heteroatoms. The summed E-state index contributed by atoms with van der Waals surface area (Å²) in [7, 11) is 0. The number of benzene rings is 2. The van der Waals surface area contributed by atoms with Gasteiger partial charge in [0, 0.05) is 19.0 Å². The topological polar surface area (TPSA) is 32.7 Å². The first-order valence-corrected chi connectivity index (χ1v) is 9.07. The highest BCUT2D eigenvalue weighted by molar-refractivity contribution is 5.79. The third kappa shape index (κ3) is 4.79. The molecule has 2 aromatic carbocycles. The molecule has 130 valence electrons. The smallest absolute Gasteiger partial charge is 0.151 e. The Hall–Kier alpha value is -2.42.